The maximum atomic E-state index is 9.41. The number of carbonyl (C=O) groups excluding carboxylic acids is 2. The second-order valence-electron chi connectivity index (χ2n) is 0.971. The first-order chi connectivity index (χ1) is 3.63. The molecule has 0 atom stereocenters. The topological polar surface area (TPSA) is 80.3 Å². The molecular weight excluding hydrogens is 171 g/mol. The van der Waals surface area contributed by atoms with Gasteiger partial charge in [0, 0.05) is 0 Å². The molecule has 9 heavy (non-hydrogen) atoms. The van der Waals surface area contributed by atoms with Crippen molar-refractivity contribution in [1.82, 2.24) is 0 Å². The van der Waals surface area contributed by atoms with Crippen molar-refractivity contribution in [3.8, 4) is 0 Å². The van der Waals surface area contributed by atoms with E-state index in [1.165, 1.54) is 0 Å². The minimum Gasteiger partial charge on any atom is -0.545 e. The summed E-state index contributed by atoms with van der Waals surface area (Å²) in [4.78, 5) is 18.8. The Kier molecular flexibility index (Phi) is 6.51. The van der Waals surface area contributed by atoms with E-state index in [9.17, 15) is 19.8 Å². The molecule has 0 aliphatic rings. The van der Waals surface area contributed by atoms with Crippen molar-refractivity contribution >= 4 is 11.9 Å². The van der Waals surface area contributed by atoms with Crippen LogP contribution in [0.25, 0.3) is 0 Å². The van der Waals surface area contributed by atoms with E-state index in [-0.39, 0.29) is 16.5 Å². The van der Waals surface area contributed by atoms with Gasteiger partial charge in [0.25, 0.3) is 0 Å². The average Bonchev–Trinajstić information content (AvgIpc) is 1.61. The van der Waals surface area contributed by atoms with Gasteiger partial charge in [0.1, 0.15) is 0 Å². The normalized spacial score (nSPS) is 8.44. The zero-order chi connectivity index (χ0) is 6.57. The molecule has 0 aromatic rings. The van der Waals surface area contributed by atoms with E-state index in [1.54, 1.807) is 0 Å². The zero-order valence-electron chi connectivity index (χ0n) is 4.10. The smallest absolute Gasteiger partial charge is 0.545 e. The van der Waals surface area contributed by atoms with Crippen LogP contribution in [0.4, 0.5) is 0 Å². The Balaban J connectivity index is 0. The molecule has 0 heterocycles. The summed E-state index contributed by atoms with van der Waals surface area (Å²) in [5.74, 6) is -3.09. The fourth-order valence-corrected chi connectivity index (χ4v) is 0.136. The Bertz CT molecular complexity index is 124. The van der Waals surface area contributed by atoms with E-state index in [0.717, 1.165) is 0 Å². The second-order valence-corrected chi connectivity index (χ2v) is 0.971. The van der Waals surface area contributed by atoms with E-state index >= 15 is 0 Å². The SMILES string of the molecule is O=C([O-])/C=C/C(=O)[O-].[Ni+2]. The molecule has 0 spiro atoms. The molecule has 0 aliphatic heterocycles. The van der Waals surface area contributed by atoms with Gasteiger partial charge >= 0.3 is 16.5 Å². The summed E-state index contributed by atoms with van der Waals surface area (Å²) in [5, 5.41) is 18.8. The molecule has 0 aromatic heterocycles. The van der Waals surface area contributed by atoms with Crippen LogP contribution in [-0.2, 0) is 26.1 Å². The van der Waals surface area contributed by atoms with Gasteiger partial charge in [-0.2, -0.15) is 0 Å². The van der Waals surface area contributed by atoms with Gasteiger partial charge in [-0.3, -0.25) is 0 Å². The summed E-state index contributed by atoms with van der Waals surface area (Å²) in [7, 11) is 0. The number of carboxylic acids is 2. The maximum absolute atomic E-state index is 9.41. The van der Waals surface area contributed by atoms with Crippen molar-refractivity contribution in [1.29, 1.82) is 0 Å². The molecule has 0 N–H and O–H groups in total. The molecule has 0 saturated heterocycles. The molecule has 0 bridgehead atoms. The van der Waals surface area contributed by atoms with Crippen LogP contribution in [0.3, 0.4) is 0 Å². The van der Waals surface area contributed by atoms with Gasteiger partial charge in [0.15, 0.2) is 0 Å². The first-order valence-corrected chi connectivity index (χ1v) is 1.73. The minimum atomic E-state index is -1.55. The Morgan fingerprint density at radius 2 is 1.22 bits per heavy atom. The third-order valence-corrected chi connectivity index (χ3v) is 0.355. The minimum absolute atomic E-state index is 0. The van der Waals surface area contributed by atoms with Crippen LogP contribution < -0.4 is 10.2 Å². The summed E-state index contributed by atoms with van der Waals surface area (Å²) in [6, 6.07) is 0. The fourth-order valence-electron chi connectivity index (χ4n) is 0.136. The van der Waals surface area contributed by atoms with Crippen LogP contribution in [0.1, 0.15) is 0 Å². The molecule has 0 fully saturated rings. The summed E-state index contributed by atoms with van der Waals surface area (Å²) < 4.78 is 0. The standard InChI is InChI=1S/C4H4O4.Ni/c5-3(6)1-2-4(7)8;/h1-2H,(H,5,6)(H,7,8);/q;+2/p-2/b2-1+;. The molecule has 0 radical (unpaired) electrons. The van der Waals surface area contributed by atoms with Crippen LogP contribution >= 0.6 is 0 Å². The van der Waals surface area contributed by atoms with Gasteiger partial charge < -0.3 is 19.8 Å². The molecule has 0 aliphatic carbocycles. The van der Waals surface area contributed by atoms with Gasteiger partial charge in [0.2, 0.25) is 0 Å². The van der Waals surface area contributed by atoms with Gasteiger partial charge in [-0.25, -0.2) is 0 Å². The van der Waals surface area contributed by atoms with E-state index < -0.39 is 11.9 Å². The van der Waals surface area contributed by atoms with Crippen LogP contribution in [-0.4, -0.2) is 11.9 Å². The number of aliphatic carboxylic acids is 2. The van der Waals surface area contributed by atoms with Crippen molar-refractivity contribution in [2.45, 2.75) is 0 Å². The van der Waals surface area contributed by atoms with Gasteiger partial charge in [-0.15, -0.1) is 0 Å². The van der Waals surface area contributed by atoms with E-state index in [1.807, 2.05) is 0 Å². The zero-order valence-corrected chi connectivity index (χ0v) is 5.09. The van der Waals surface area contributed by atoms with E-state index in [0.29, 0.717) is 12.2 Å². The van der Waals surface area contributed by atoms with Crippen molar-refractivity contribution in [3.63, 3.8) is 0 Å². The molecule has 0 amide bonds. The number of rotatable bonds is 2. The van der Waals surface area contributed by atoms with Crippen molar-refractivity contribution < 1.29 is 36.3 Å². The van der Waals surface area contributed by atoms with Crippen molar-refractivity contribution in [2.75, 3.05) is 0 Å². The predicted octanol–water partition coefficient (Wildman–Crippen LogP) is -2.96. The van der Waals surface area contributed by atoms with Gasteiger partial charge in [-0.05, 0) is 12.2 Å². The number of carboxylic acid groups (broad SMARTS) is 2. The molecule has 0 aromatic carbocycles. The van der Waals surface area contributed by atoms with Crippen LogP contribution in [0.15, 0.2) is 12.2 Å². The van der Waals surface area contributed by atoms with E-state index in [2.05, 4.69) is 0 Å². The second kappa shape index (κ2) is 5.31. The Labute approximate surface area is 61.1 Å². The molecule has 52 valence electrons. The van der Waals surface area contributed by atoms with Gasteiger partial charge in [-0.1, -0.05) is 0 Å². The molecule has 0 unspecified atom stereocenters. The van der Waals surface area contributed by atoms with Crippen molar-refractivity contribution in [2.24, 2.45) is 0 Å². The molecular formula is C4H2NiO4. The number of hydrogen-bond donors (Lipinski definition) is 0. The molecule has 5 heteroatoms. The van der Waals surface area contributed by atoms with Crippen LogP contribution in [0, 0.1) is 0 Å². The summed E-state index contributed by atoms with van der Waals surface area (Å²) in [6.07, 6.45) is 0.769. The van der Waals surface area contributed by atoms with Crippen molar-refractivity contribution in [3.05, 3.63) is 12.2 Å². The third kappa shape index (κ3) is 11.0. The first-order valence-electron chi connectivity index (χ1n) is 1.73. The third-order valence-electron chi connectivity index (χ3n) is 0.355. The maximum Gasteiger partial charge on any atom is 2.00 e. The first kappa shape index (κ1) is 11.0. The average molecular weight is 173 g/mol. The Morgan fingerprint density at radius 1 is 1.00 bits per heavy atom. The van der Waals surface area contributed by atoms with E-state index in [4.69, 9.17) is 0 Å². The fraction of sp³-hybridized carbons (Fsp3) is 0. The quantitative estimate of drug-likeness (QED) is 0.330. The molecule has 4 nitrogen and oxygen atoms in total. The van der Waals surface area contributed by atoms with Crippen LogP contribution in [0.5, 0.6) is 0 Å². The Morgan fingerprint density at radius 3 is 1.33 bits per heavy atom. The number of carbonyl (C=O) groups is 2. The Hall–Kier alpha value is -0.826. The predicted molar refractivity (Wildman–Crippen MR) is 19.2 cm³/mol. The number of hydrogen-bond acceptors (Lipinski definition) is 4. The van der Waals surface area contributed by atoms with Crippen LogP contribution in [0.2, 0.25) is 0 Å². The molecule has 0 rings (SSSR count). The summed E-state index contributed by atoms with van der Waals surface area (Å²) >= 11 is 0. The van der Waals surface area contributed by atoms with Gasteiger partial charge in [0.05, 0.1) is 11.9 Å². The monoisotopic (exact) mass is 172 g/mol. The molecule has 0 saturated carbocycles. The largest absolute Gasteiger partial charge is 2.00 e. The summed E-state index contributed by atoms with van der Waals surface area (Å²) in [6.45, 7) is 0. The summed E-state index contributed by atoms with van der Waals surface area (Å²) in [5.41, 5.74) is 0.